The number of hydrogen-bond donors (Lipinski definition) is 1. The molecule has 0 radical (unpaired) electrons. The Morgan fingerprint density at radius 3 is 2.62 bits per heavy atom. The van der Waals surface area contributed by atoms with Gasteiger partial charge in [0, 0.05) is 27.8 Å². The van der Waals surface area contributed by atoms with Crippen molar-refractivity contribution in [3.63, 3.8) is 0 Å². The summed E-state index contributed by atoms with van der Waals surface area (Å²) in [5.41, 5.74) is 3.04. The minimum Gasteiger partial charge on any atom is -0.481 e. The topological polar surface area (TPSA) is 21.3 Å². The molecule has 0 aromatic heterocycles. The van der Waals surface area contributed by atoms with Gasteiger partial charge >= 0.3 is 0 Å². The van der Waals surface area contributed by atoms with Crippen molar-refractivity contribution in [2.75, 3.05) is 11.9 Å². The Morgan fingerprint density at radius 2 is 1.86 bits per heavy atom. The molecule has 0 aliphatic rings. The van der Waals surface area contributed by atoms with Crippen LogP contribution in [-0.4, -0.2) is 6.61 Å². The van der Waals surface area contributed by atoms with Gasteiger partial charge in [-0.2, -0.15) is 0 Å². The highest BCUT2D eigenvalue weighted by Crippen LogP contribution is 2.26. The Hall–Kier alpha value is -1.82. The molecule has 108 valence electrons. The van der Waals surface area contributed by atoms with Crippen LogP contribution in [0.15, 0.2) is 36.4 Å². The second-order valence-corrected chi connectivity index (χ2v) is 5.43. The van der Waals surface area contributed by atoms with Gasteiger partial charge in [0.25, 0.3) is 0 Å². The van der Waals surface area contributed by atoms with E-state index in [2.05, 4.69) is 11.2 Å². The van der Waals surface area contributed by atoms with Crippen molar-refractivity contribution >= 4 is 28.9 Å². The van der Waals surface area contributed by atoms with Crippen LogP contribution >= 0.6 is 23.2 Å². The van der Waals surface area contributed by atoms with Gasteiger partial charge in [-0.05, 0) is 42.8 Å². The van der Waals surface area contributed by atoms with Crippen molar-refractivity contribution in [1.82, 2.24) is 0 Å². The number of hydrogen-bond acceptors (Lipinski definition) is 2. The summed E-state index contributed by atoms with van der Waals surface area (Å²) in [6.07, 6.45) is 5.23. The van der Waals surface area contributed by atoms with E-state index in [1.165, 1.54) is 0 Å². The predicted molar refractivity (Wildman–Crippen MR) is 89.3 cm³/mol. The molecule has 2 rings (SSSR count). The molecule has 0 aliphatic heterocycles. The van der Waals surface area contributed by atoms with E-state index >= 15 is 0 Å². The number of halogens is 2. The fourth-order valence-electron chi connectivity index (χ4n) is 1.92. The van der Waals surface area contributed by atoms with Crippen molar-refractivity contribution in [2.45, 2.75) is 13.5 Å². The number of terminal acetylenes is 1. The first-order valence-electron chi connectivity index (χ1n) is 6.45. The third-order valence-corrected chi connectivity index (χ3v) is 3.47. The first-order valence-corrected chi connectivity index (χ1v) is 7.20. The van der Waals surface area contributed by atoms with E-state index < -0.39 is 0 Å². The molecule has 0 heterocycles. The number of aryl methyl sites for hydroxylation is 1. The van der Waals surface area contributed by atoms with Gasteiger partial charge in [-0.15, -0.1) is 6.42 Å². The Kier molecular flexibility index (Phi) is 5.38. The molecule has 0 amide bonds. The SMILES string of the molecule is C#CCOc1ccc(Cl)cc1CNc1cc(Cl)ccc1C. The second-order valence-electron chi connectivity index (χ2n) is 4.56. The van der Waals surface area contributed by atoms with Gasteiger partial charge in [-0.1, -0.05) is 35.2 Å². The zero-order valence-electron chi connectivity index (χ0n) is 11.6. The summed E-state index contributed by atoms with van der Waals surface area (Å²) < 4.78 is 5.52. The van der Waals surface area contributed by atoms with E-state index in [-0.39, 0.29) is 6.61 Å². The van der Waals surface area contributed by atoms with Crippen LogP contribution in [0.1, 0.15) is 11.1 Å². The van der Waals surface area contributed by atoms with Crippen molar-refractivity contribution in [2.24, 2.45) is 0 Å². The third-order valence-electron chi connectivity index (χ3n) is 3.00. The van der Waals surface area contributed by atoms with E-state index in [9.17, 15) is 0 Å². The van der Waals surface area contributed by atoms with Crippen LogP contribution in [0.2, 0.25) is 10.0 Å². The van der Waals surface area contributed by atoms with Gasteiger partial charge in [0.15, 0.2) is 0 Å². The molecule has 0 spiro atoms. The molecule has 0 aliphatic carbocycles. The van der Waals surface area contributed by atoms with E-state index in [4.69, 9.17) is 34.4 Å². The zero-order chi connectivity index (χ0) is 15.2. The van der Waals surface area contributed by atoms with Crippen LogP contribution in [0.3, 0.4) is 0 Å². The minimum atomic E-state index is 0.227. The molecule has 0 fully saturated rings. The maximum Gasteiger partial charge on any atom is 0.148 e. The van der Waals surface area contributed by atoms with Crippen LogP contribution in [0.4, 0.5) is 5.69 Å². The summed E-state index contributed by atoms with van der Waals surface area (Å²) in [5.74, 6) is 3.18. The standard InChI is InChI=1S/C17H15Cl2NO/c1-3-8-21-17-7-6-14(18)9-13(17)11-20-16-10-15(19)5-4-12(16)2/h1,4-7,9-10,20H,8,11H2,2H3. The van der Waals surface area contributed by atoms with Crippen LogP contribution in [0.5, 0.6) is 5.75 Å². The summed E-state index contributed by atoms with van der Waals surface area (Å²) in [6, 6.07) is 11.2. The maximum atomic E-state index is 6.04. The van der Waals surface area contributed by atoms with Gasteiger partial charge in [-0.3, -0.25) is 0 Å². The summed E-state index contributed by atoms with van der Waals surface area (Å²) in [7, 11) is 0. The quantitative estimate of drug-likeness (QED) is 0.789. The van der Waals surface area contributed by atoms with Crippen molar-refractivity contribution in [3.8, 4) is 18.1 Å². The zero-order valence-corrected chi connectivity index (χ0v) is 13.1. The first kappa shape index (κ1) is 15.6. The fourth-order valence-corrected chi connectivity index (χ4v) is 2.29. The van der Waals surface area contributed by atoms with Crippen LogP contribution in [0.25, 0.3) is 0 Å². The lowest BCUT2D eigenvalue weighted by Crippen LogP contribution is -2.04. The molecule has 2 nitrogen and oxygen atoms in total. The van der Waals surface area contributed by atoms with E-state index in [1.54, 1.807) is 6.07 Å². The molecule has 1 N–H and O–H groups in total. The average Bonchev–Trinajstić information content (AvgIpc) is 2.47. The number of nitrogens with one attached hydrogen (secondary N) is 1. The molecule has 0 bridgehead atoms. The largest absolute Gasteiger partial charge is 0.481 e. The molecule has 0 saturated heterocycles. The highest BCUT2D eigenvalue weighted by atomic mass is 35.5. The van der Waals surface area contributed by atoms with Crippen molar-refractivity contribution < 1.29 is 4.74 Å². The Morgan fingerprint density at radius 1 is 1.14 bits per heavy atom. The third kappa shape index (κ3) is 4.32. The lowest BCUT2D eigenvalue weighted by atomic mass is 10.1. The Bertz CT molecular complexity index is 677. The van der Waals surface area contributed by atoms with Crippen molar-refractivity contribution in [3.05, 3.63) is 57.6 Å². The van der Waals surface area contributed by atoms with Gasteiger partial charge in [-0.25, -0.2) is 0 Å². The molecule has 0 unspecified atom stereocenters. The normalized spacial score (nSPS) is 10.0. The van der Waals surface area contributed by atoms with Gasteiger partial charge in [0.2, 0.25) is 0 Å². The predicted octanol–water partition coefficient (Wildman–Crippen LogP) is 4.93. The van der Waals surface area contributed by atoms with Crippen LogP contribution in [0, 0.1) is 19.3 Å². The maximum absolute atomic E-state index is 6.04. The molecule has 21 heavy (non-hydrogen) atoms. The minimum absolute atomic E-state index is 0.227. The van der Waals surface area contributed by atoms with Gasteiger partial charge < -0.3 is 10.1 Å². The Labute approximate surface area is 135 Å². The van der Waals surface area contributed by atoms with E-state index in [0.29, 0.717) is 16.6 Å². The van der Waals surface area contributed by atoms with Crippen LogP contribution in [-0.2, 0) is 6.54 Å². The summed E-state index contributed by atoms with van der Waals surface area (Å²) in [5, 5.41) is 4.69. The fraction of sp³-hybridized carbons (Fsp3) is 0.176. The average molecular weight is 320 g/mol. The Balaban J connectivity index is 2.17. The number of ether oxygens (including phenoxy) is 1. The number of benzene rings is 2. The lowest BCUT2D eigenvalue weighted by molar-refractivity contribution is 0.366. The summed E-state index contributed by atoms with van der Waals surface area (Å²) >= 11 is 12.1. The summed E-state index contributed by atoms with van der Waals surface area (Å²) in [4.78, 5) is 0. The lowest BCUT2D eigenvalue weighted by Gasteiger charge is -2.13. The van der Waals surface area contributed by atoms with Crippen LogP contribution < -0.4 is 10.1 Å². The molecule has 0 atom stereocenters. The first-order chi connectivity index (χ1) is 10.1. The van der Waals surface area contributed by atoms with Crippen molar-refractivity contribution in [1.29, 1.82) is 0 Å². The molecule has 2 aromatic carbocycles. The highest BCUT2D eigenvalue weighted by molar-refractivity contribution is 6.31. The summed E-state index contributed by atoms with van der Waals surface area (Å²) in [6.45, 7) is 2.82. The molecular weight excluding hydrogens is 305 g/mol. The number of anilines is 1. The molecule has 2 aromatic rings. The van der Waals surface area contributed by atoms with Gasteiger partial charge in [0.05, 0.1) is 0 Å². The molecule has 0 saturated carbocycles. The highest BCUT2D eigenvalue weighted by Gasteiger charge is 2.06. The smallest absolute Gasteiger partial charge is 0.148 e. The monoisotopic (exact) mass is 319 g/mol. The van der Waals surface area contributed by atoms with E-state index in [0.717, 1.165) is 22.6 Å². The second kappa shape index (κ2) is 7.26. The molecule has 4 heteroatoms. The van der Waals surface area contributed by atoms with E-state index in [1.807, 2.05) is 37.3 Å². The molecular formula is C17H15Cl2NO. The van der Waals surface area contributed by atoms with Gasteiger partial charge in [0.1, 0.15) is 12.4 Å². The number of rotatable bonds is 5.